The van der Waals surface area contributed by atoms with Gasteiger partial charge in [0.1, 0.15) is 6.07 Å². The Morgan fingerprint density at radius 3 is 3.00 bits per heavy atom. The molecule has 0 aliphatic rings. The number of hydrogen-bond donors (Lipinski definition) is 0. The number of nitriles is 1. The van der Waals surface area contributed by atoms with Crippen LogP contribution in [0.3, 0.4) is 0 Å². The smallest absolute Gasteiger partial charge is 0.331 e. The fourth-order valence-electron chi connectivity index (χ4n) is 0.926. The number of aryl methyl sites for hydroxylation is 1. The Labute approximate surface area is 81.2 Å². The standard InChI is InChI=1S/C9H9N3O2/c1-7(13)14-11-5-9-3-8(4-10)6-12(9)2/h3,5-6H,1-2H3/b11-5+. The van der Waals surface area contributed by atoms with Crippen LogP contribution in [0.5, 0.6) is 0 Å². The summed E-state index contributed by atoms with van der Waals surface area (Å²) in [5, 5.41) is 12.0. The molecule has 0 spiro atoms. The van der Waals surface area contributed by atoms with Crippen LogP contribution < -0.4 is 0 Å². The van der Waals surface area contributed by atoms with Gasteiger partial charge in [-0.3, -0.25) is 0 Å². The Morgan fingerprint density at radius 1 is 1.79 bits per heavy atom. The maximum atomic E-state index is 10.4. The second kappa shape index (κ2) is 4.23. The summed E-state index contributed by atoms with van der Waals surface area (Å²) in [6, 6.07) is 3.64. The maximum absolute atomic E-state index is 10.4. The van der Waals surface area contributed by atoms with Gasteiger partial charge in [-0.15, -0.1) is 0 Å². The summed E-state index contributed by atoms with van der Waals surface area (Å²) in [6.07, 6.45) is 3.04. The van der Waals surface area contributed by atoms with E-state index in [4.69, 9.17) is 5.26 Å². The van der Waals surface area contributed by atoms with E-state index in [1.807, 2.05) is 6.07 Å². The summed E-state index contributed by atoms with van der Waals surface area (Å²) in [5.41, 5.74) is 1.24. The van der Waals surface area contributed by atoms with Gasteiger partial charge in [-0.2, -0.15) is 5.26 Å². The summed E-state index contributed by atoms with van der Waals surface area (Å²) >= 11 is 0. The van der Waals surface area contributed by atoms with Crippen LogP contribution in [0.4, 0.5) is 0 Å². The number of carbonyl (C=O) groups is 1. The second-order valence-corrected chi connectivity index (χ2v) is 2.69. The zero-order chi connectivity index (χ0) is 10.6. The monoisotopic (exact) mass is 191 g/mol. The highest BCUT2D eigenvalue weighted by molar-refractivity contribution is 5.78. The van der Waals surface area contributed by atoms with Crippen LogP contribution in [0.25, 0.3) is 0 Å². The maximum Gasteiger partial charge on any atom is 0.331 e. The molecule has 0 amide bonds. The van der Waals surface area contributed by atoms with Crippen LogP contribution >= 0.6 is 0 Å². The lowest BCUT2D eigenvalue weighted by Crippen LogP contribution is -1.95. The Morgan fingerprint density at radius 2 is 2.50 bits per heavy atom. The molecule has 0 saturated heterocycles. The van der Waals surface area contributed by atoms with Crippen molar-refractivity contribution in [1.82, 2.24) is 4.57 Å². The number of oxime groups is 1. The molecule has 5 heteroatoms. The Hall–Kier alpha value is -2.09. The van der Waals surface area contributed by atoms with E-state index in [-0.39, 0.29) is 0 Å². The third-order valence-electron chi connectivity index (χ3n) is 1.54. The zero-order valence-electron chi connectivity index (χ0n) is 7.89. The minimum atomic E-state index is -0.476. The second-order valence-electron chi connectivity index (χ2n) is 2.69. The van der Waals surface area contributed by atoms with Gasteiger partial charge < -0.3 is 9.40 Å². The summed E-state index contributed by atoms with van der Waals surface area (Å²) in [5.74, 6) is -0.476. The van der Waals surface area contributed by atoms with Gasteiger partial charge in [0.25, 0.3) is 0 Å². The van der Waals surface area contributed by atoms with Gasteiger partial charge in [-0.25, -0.2) is 4.79 Å². The summed E-state index contributed by atoms with van der Waals surface area (Å²) < 4.78 is 1.71. The summed E-state index contributed by atoms with van der Waals surface area (Å²) in [7, 11) is 1.77. The molecule has 0 saturated carbocycles. The fraction of sp³-hybridized carbons (Fsp3) is 0.222. The first kappa shape index (κ1) is 9.99. The van der Waals surface area contributed by atoms with Crippen molar-refractivity contribution in [2.45, 2.75) is 6.92 Å². The zero-order valence-corrected chi connectivity index (χ0v) is 7.89. The van der Waals surface area contributed by atoms with Crippen LogP contribution in [0.15, 0.2) is 17.4 Å². The molecular formula is C9H9N3O2. The molecule has 14 heavy (non-hydrogen) atoms. The van der Waals surface area contributed by atoms with Crippen LogP contribution in [0.2, 0.25) is 0 Å². The molecule has 1 rings (SSSR count). The van der Waals surface area contributed by atoms with Gasteiger partial charge in [0.15, 0.2) is 0 Å². The number of nitrogens with zero attached hydrogens (tertiary/aromatic N) is 3. The summed E-state index contributed by atoms with van der Waals surface area (Å²) in [4.78, 5) is 14.8. The van der Waals surface area contributed by atoms with Crippen molar-refractivity contribution < 1.29 is 9.63 Å². The Balaban J connectivity index is 2.77. The first-order chi connectivity index (χ1) is 6.63. The van der Waals surface area contributed by atoms with Gasteiger partial charge in [-0.1, -0.05) is 5.16 Å². The largest absolute Gasteiger partial charge is 0.348 e. The lowest BCUT2D eigenvalue weighted by Gasteiger charge is -1.93. The third kappa shape index (κ3) is 2.45. The highest BCUT2D eigenvalue weighted by Gasteiger charge is 1.99. The van der Waals surface area contributed by atoms with Crippen molar-refractivity contribution in [3.63, 3.8) is 0 Å². The van der Waals surface area contributed by atoms with Gasteiger partial charge in [0.05, 0.1) is 17.5 Å². The first-order valence-corrected chi connectivity index (χ1v) is 3.91. The van der Waals surface area contributed by atoms with Gasteiger partial charge in [0.2, 0.25) is 0 Å². The molecule has 0 atom stereocenters. The third-order valence-corrected chi connectivity index (χ3v) is 1.54. The van der Waals surface area contributed by atoms with Crippen molar-refractivity contribution >= 4 is 12.2 Å². The van der Waals surface area contributed by atoms with Gasteiger partial charge in [0, 0.05) is 20.2 Å². The molecule has 0 unspecified atom stereocenters. The van der Waals surface area contributed by atoms with Crippen molar-refractivity contribution in [1.29, 1.82) is 5.26 Å². The molecule has 0 radical (unpaired) electrons. The van der Waals surface area contributed by atoms with Crippen molar-refractivity contribution in [2.75, 3.05) is 0 Å². The summed E-state index contributed by atoms with van der Waals surface area (Å²) in [6.45, 7) is 1.27. The molecule has 0 aliphatic heterocycles. The molecule has 72 valence electrons. The number of carbonyl (C=O) groups excluding carboxylic acids is 1. The first-order valence-electron chi connectivity index (χ1n) is 3.91. The van der Waals surface area contributed by atoms with E-state index in [0.29, 0.717) is 11.3 Å². The van der Waals surface area contributed by atoms with E-state index >= 15 is 0 Å². The van der Waals surface area contributed by atoms with Crippen LogP contribution in [0.1, 0.15) is 18.2 Å². The minimum Gasteiger partial charge on any atom is -0.348 e. The van der Waals surface area contributed by atoms with E-state index in [1.54, 1.807) is 23.9 Å². The van der Waals surface area contributed by atoms with Crippen molar-refractivity contribution in [2.24, 2.45) is 12.2 Å². The average Bonchev–Trinajstić information content (AvgIpc) is 2.47. The molecule has 0 aromatic carbocycles. The number of aromatic nitrogens is 1. The SMILES string of the molecule is CC(=O)O/N=C/c1cc(C#N)cn1C. The quantitative estimate of drug-likeness (QED) is 0.394. The molecule has 1 heterocycles. The van der Waals surface area contributed by atoms with E-state index in [1.165, 1.54) is 13.1 Å². The Bertz CT molecular complexity index is 412. The van der Waals surface area contributed by atoms with Crippen LogP contribution in [-0.4, -0.2) is 16.8 Å². The molecule has 0 bridgehead atoms. The normalized spacial score (nSPS) is 10.1. The van der Waals surface area contributed by atoms with E-state index in [2.05, 4.69) is 9.99 Å². The predicted molar refractivity (Wildman–Crippen MR) is 49.5 cm³/mol. The van der Waals surface area contributed by atoms with E-state index in [0.717, 1.165) is 0 Å². The van der Waals surface area contributed by atoms with E-state index < -0.39 is 5.97 Å². The average molecular weight is 191 g/mol. The lowest BCUT2D eigenvalue weighted by atomic mass is 10.3. The molecule has 0 N–H and O–H groups in total. The highest BCUT2D eigenvalue weighted by atomic mass is 16.7. The molecular weight excluding hydrogens is 182 g/mol. The minimum absolute atomic E-state index is 0.476. The molecule has 0 fully saturated rings. The van der Waals surface area contributed by atoms with Crippen LogP contribution in [-0.2, 0) is 16.7 Å². The molecule has 1 aromatic rings. The lowest BCUT2D eigenvalue weighted by molar-refractivity contribution is -0.140. The van der Waals surface area contributed by atoms with Crippen molar-refractivity contribution in [3.8, 4) is 6.07 Å². The number of hydrogen-bond acceptors (Lipinski definition) is 4. The highest BCUT2D eigenvalue weighted by Crippen LogP contribution is 2.03. The number of rotatable bonds is 2. The molecule has 5 nitrogen and oxygen atoms in total. The Kier molecular flexibility index (Phi) is 3.02. The van der Waals surface area contributed by atoms with Crippen LogP contribution in [0, 0.1) is 11.3 Å². The fourth-order valence-corrected chi connectivity index (χ4v) is 0.926. The topological polar surface area (TPSA) is 67.4 Å². The van der Waals surface area contributed by atoms with Gasteiger partial charge >= 0.3 is 5.97 Å². The van der Waals surface area contributed by atoms with Gasteiger partial charge in [-0.05, 0) is 6.07 Å². The molecule has 0 aliphatic carbocycles. The van der Waals surface area contributed by atoms with E-state index in [9.17, 15) is 4.79 Å². The predicted octanol–water partition coefficient (Wildman–Crippen LogP) is 0.794. The van der Waals surface area contributed by atoms with Crippen molar-refractivity contribution in [3.05, 3.63) is 23.5 Å². The molecule has 1 aromatic heterocycles.